The second-order valence-electron chi connectivity index (χ2n) is 5.14. The maximum atomic E-state index is 12.2. The number of anilines is 2. The molecule has 0 fully saturated rings. The number of phenols is 1. The van der Waals surface area contributed by atoms with Crippen molar-refractivity contribution < 1.29 is 19.8 Å². The fourth-order valence-electron chi connectivity index (χ4n) is 2.40. The van der Waals surface area contributed by atoms with Crippen LogP contribution in [0.1, 0.15) is 10.4 Å². The highest BCUT2D eigenvalue weighted by Gasteiger charge is 2.12. The van der Waals surface area contributed by atoms with Gasteiger partial charge in [0.2, 0.25) is 0 Å². The van der Waals surface area contributed by atoms with E-state index in [2.05, 4.69) is 10.6 Å². The predicted molar refractivity (Wildman–Crippen MR) is 91.7 cm³/mol. The van der Waals surface area contributed by atoms with Gasteiger partial charge in [-0.2, -0.15) is 0 Å². The zero-order chi connectivity index (χ0) is 17.1. The monoisotopic (exact) mass is 322 g/mol. The number of rotatable bonds is 3. The Balaban J connectivity index is 1.81. The van der Waals surface area contributed by atoms with E-state index in [0.29, 0.717) is 5.69 Å². The molecule has 0 aliphatic rings. The summed E-state index contributed by atoms with van der Waals surface area (Å²) < 4.78 is 0. The lowest BCUT2D eigenvalue weighted by atomic mass is 10.1. The van der Waals surface area contributed by atoms with Crippen molar-refractivity contribution in [2.24, 2.45) is 0 Å². The molecule has 0 aliphatic carbocycles. The molecule has 3 aromatic carbocycles. The van der Waals surface area contributed by atoms with Gasteiger partial charge >= 0.3 is 12.0 Å². The molecule has 0 aromatic heterocycles. The minimum absolute atomic E-state index is 0.267. The number of aromatic carboxylic acids is 1. The highest BCUT2D eigenvalue weighted by molar-refractivity contribution is 6.06. The standard InChI is InChI=1S/C18H14N2O4/c21-16-9-8-12(10-14(16)17(22)23)19-18(24)20-15-7-3-5-11-4-1-2-6-13(11)15/h1-10,21H,(H,22,23)(H2,19,20,24). The average molecular weight is 322 g/mol. The summed E-state index contributed by atoms with van der Waals surface area (Å²) in [6.07, 6.45) is 0. The summed E-state index contributed by atoms with van der Waals surface area (Å²) in [5.74, 6) is -1.63. The second-order valence-corrected chi connectivity index (χ2v) is 5.14. The number of carbonyl (C=O) groups excluding carboxylic acids is 1. The van der Waals surface area contributed by atoms with Crippen LogP contribution in [0.2, 0.25) is 0 Å². The van der Waals surface area contributed by atoms with Gasteiger partial charge in [-0.15, -0.1) is 0 Å². The molecule has 0 saturated carbocycles. The van der Waals surface area contributed by atoms with Gasteiger partial charge in [0, 0.05) is 11.1 Å². The van der Waals surface area contributed by atoms with Crippen molar-refractivity contribution in [2.45, 2.75) is 0 Å². The van der Waals surface area contributed by atoms with Crippen LogP contribution in [0.25, 0.3) is 10.8 Å². The molecule has 3 aromatic rings. The molecule has 2 amide bonds. The number of benzene rings is 3. The maximum absolute atomic E-state index is 12.2. The van der Waals surface area contributed by atoms with Crippen LogP contribution in [0.15, 0.2) is 60.7 Å². The first-order valence-corrected chi connectivity index (χ1v) is 7.16. The predicted octanol–water partition coefficient (Wildman–Crippen LogP) is 3.89. The Morgan fingerprint density at radius 1 is 0.875 bits per heavy atom. The molecule has 0 heterocycles. The number of fused-ring (bicyclic) bond motifs is 1. The molecule has 24 heavy (non-hydrogen) atoms. The number of aromatic hydroxyl groups is 1. The van der Waals surface area contributed by atoms with Crippen LogP contribution in [-0.4, -0.2) is 22.2 Å². The number of carboxylic acids is 1. The normalized spacial score (nSPS) is 10.3. The summed E-state index contributed by atoms with van der Waals surface area (Å²) in [6, 6.07) is 16.5. The van der Waals surface area contributed by atoms with Gasteiger partial charge in [0.25, 0.3) is 0 Å². The molecule has 4 N–H and O–H groups in total. The number of carbonyl (C=O) groups is 2. The van der Waals surface area contributed by atoms with Crippen molar-refractivity contribution in [2.75, 3.05) is 10.6 Å². The molecule has 0 bridgehead atoms. The van der Waals surface area contributed by atoms with E-state index in [1.807, 2.05) is 36.4 Å². The van der Waals surface area contributed by atoms with Crippen molar-refractivity contribution in [1.82, 2.24) is 0 Å². The summed E-state index contributed by atoms with van der Waals surface area (Å²) in [7, 11) is 0. The average Bonchev–Trinajstić information content (AvgIpc) is 2.56. The third-order valence-corrected chi connectivity index (χ3v) is 3.52. The third kappa shape index (κ3) is 3.12. The summed E-state index contributed by atoms with van der Waals surface area (Å²) in [6.45, 7) is 0. The zero-order valence-corrected chi connectivity index (χ0v) is 12.5. The van der Waals surface area contributed by atoms with Crippen molar-refractivity contribution in [1.29, 1.82) is 0 Å². The van der Waals surface area contributed by atoms with Crippen molar-refractivity contribution in [3.63, 3.8) is 0 Å². The number of amides is 2. The molecule has 6 heteroatoms. The molecule has 0 radical (unpaired) electrons. The molecular weight excluding hydrogens is 308 g/mol. The van der Waals surface area contributed by atoms with Gasteiger partial charge in [-0.3, -0.25) is 0 Å². The number of carboxylic acid groups (broad SMARTS) is 1. The number of hydrogen-bond acceptors (Lipinski definition) is 3. The summed E-state index contributed by atoms with van der Waals surface area (Å²) in [5.41, 5.74) is 0.628. The SMILES string of the molecule is O=C(Nc1ccc(O)c(C(=O)O)c1)Nc1cccc2ccccc12. The van der Waals surface area contributed by atoms with Crippen LogP contribution in [0.3, 0.4) is 0 Å². The first-order chi connectivity index (χ1) is 11.5. The van der Waals surface area contributed by atoms with Crippen LogP contribution < -0.4 is 10.6 Å². The molecule has 0 spiro atoms. The van der Waals surface area contributed by atoms with Crippen LogP contribution >= 0.6 is 0 Å². The lowest BCUT2D eigenvalue weighted by molar-refractivity contribution is 0.0693. The van der Waals surface area contributed by atoms with Gasteiger partial charge in [0.05, 0.1) is 5.69 Å². The quantitative estimate of drug-likeness (QED) is 0.550. The zero-order valence-electron chi connectivity index (χ0n) is 12.5. The van der Waals surface area contributed by atoms with Crippen molar-refractivity contribution >= 4 is 34.1 Å². The van der Waals surface area contributed by atoms with Crippen LogP contribution in [0, 0.1) is 0 Å². The third-order valence-electron chi connectivity index (χ3n) is 3.52. The van der Waals surface area contributed by atoms with Gasteiger partial charge in [0.1, 0.15) is 11.3 Å². The van der Waals surface area contributed by atoms with E-state index in [1.54, 1.807) is 6.07 Å². The minimum Gasteiger partial charge on any atom is -0.507 e. The Bertz CT molecular complexity index is 932. The smallest absolute Gasteiger partial charge is 0.339 e. The fraction of sp³-hybridized carbons (Fsp3) is 0. The summed E-state index contributed by atoms with van der Waals surface area (Å²) >= 11 is 0. The van der Waals surface area contributed by atoms with Gasteiger partial charge in [-0.1, -0.05) is 36.4 Å². The largest absolute Gasteiger partial charge is 0.507 e. The topological polar surface area (TPSA) is 98.7 Å². The molecule has 0 aliphatic heterocycles. The van der Waals surface area contributed by atoms with Gasteiger partial charge in [0.15, 0.2) is 0 Å². The number of urea groups is 1. The van der Waals surface area contributed by atoms with Crippen LogP contribution in [0.4, 0.5) is 16.2 Å². The lowest BCUT2D eigenvalue weighted by Crippen LogP contribution is -2.19. The number of hydrogen-bond donors (Lipinski definition) is 4. The maximum Gasteiger partial charge on any atom is 0.339 e. The van der Waals surface area contributed by atoms with E-state index in [9.17, 15) is 14.7 Å². The molecule has 6 nitrogen and oxygen atoms in total. The van der Waals surface area contributed by atoms with Crippen molar-refractivity contribution in [3.05, 3.63) is 66.2 Å². The minimum atomic E-state index is -1.27. The van der Waals surface area contributed by atoms with Gasteiger partial charge < -0.3 is 20.8 Å². The first kappa shape index (κ1) is 15.4. The molecule has 0 saturated heterocycles. The molecule has 0 atom stereocenters. The Hall–Kier alpha value is -3.54. The van der Waals surface area contributed by atoms with Crippen LogP contribution in [0.5, 0.6) is 5.75 Å². The van der Waals surface area contributed by atoms with E-state index < -0.39 is 12.0 Å². The molecular formula is C18H14N2O4. The Morgan fingerprint density at radius 2 is 1.62 bits per heavy atom. The van der Waals surface area contributed by atoms with Crippen molar-refractivity contribution in [3.8, 4) is 5.75 Å². The van der Waals surface area contributed by atoms with E-state index >= 15 is 0 Å². The summed E-state index contributed by atoms with van der Waals surface area (Å²) in [4.78, 5) is 23.2. The second kappa shape index (κ2) is 6.29. The lowest BCUT2D eigenvalue weighted by Gasteiger charge is -2.11. The molecule has 120 valence electrons. The fourth-order valence-corrected chi connectivity index (χ4v) is 2.40. The van der Waals surface area contributed by atoms with E-state index in [0.717, 1.165) is 10.8 Å². The van der Waals surface area contributed by atoms with E-state index in [1.165, 1.54) is 18.2 Å². The van der Waals surface area contributed by atoms with Crippen LogP contribution in [-0.2, 0) is 0 Å². The van der Waals surface area contributed by atoms with Gasteiger partial charge in [-0.05, 0) is 29.7 Å². The first-order valence-electron chi connectivity index (χ1n) is 7.16. The van der Waals surface area contributed by atoms with E-state index in [4.69, 9.17) is 5.11 Å². The Labute approximate surface area is 137 Å². The van der Waals surface area contributed by atoms with E-state index in [-0.39, 0.29) is 17.0 Å². The summed E-state index contributed by atoms with van der Waals surface area (Å²) in [5, 5.41) is 25.7. The Morgan fingerprint density at radius 3 is 2.42 bits per heavy atom. The highest BCUT2D eigenvalue weighted by atomic mass is 16.4. The number of nitrogens with one attached hydrogen (secondary N) is 2. The molecule has 3 rings (SSSR count). The Kier molecular flexibility index (Phi) is 4.03. The van der Waals surface area contributed by atoms with Gasteiger partial charge in [-0.25, -0.2) is 9.59 Å². The highest BCUT2D eigenvalue weighted by Crippen LogP contribution is 2.24. The molecule has 0 unspecified atom stereocenters.